The van der Waals surface area contributed by atoms with Crippen LogP contribution in [-0.2, 0) is 6.54 Å². The second kappa shape index (κ2) is 6.29. The van der Waals surface area contributed by atoms with E-state index in [4.69, 9.17) is 4.52 Å². The second-order valence-electron chi connectivity index (χ2n) is 5.01. The van der Waals surface area contributed by atoms with Crippen LogP contribution in [0.1, 0.15) is 19.5 Å². The summed E-state index contributed by atoms with van der Waals surface area (Å²) in [5.74, 6) is 1.10. The normalized spacial score (nSPS) is 10.9. The van der Waals surface area contributed by atoms with Gasteiger partial charge in [-0.05, 0) is 12.5 Å². The van der Waals surface area contributed by atoms with Gasteiger partial charge in [0, 0.05) is 30.3 Å². The Bertz CT molecular complexity index is 593. The van der Waals surface area contributed by atoms with Gasteiger partial charge in [-0.2, -0.15) is 0 Å². The van der Waals surface area contributed by atoms with Crippen molar-refractivity contribution < 1.29 is 9.45 Å². The van der Waals surface area contributed by atoms with Gasteiger partial charge in [0.2, 0.25) is 0 Å². The molecule has 0 bridgehead atoms. The predicted octanol–water partition coefficient (Wildman–Crippen LogP) is 3.00. The van der Waals surface area contributed by atoms with Gasteiger partial charge in [0.25, 0.3) is 5.69 Å². The Morgan fingerprint density at radius 2 is 2.20 bits per heavy atom. The lowest BCUT2D eigenvalue weighted by Gasteiger charge is -2.04. The smallest absolute Gasteiger partial charge is 0.270 e. The van der Waals surface area contributed by atoms with E-state index < -0.39 is 4.92 Å². The summed E-state index contributed by atoms with van der Waals surface area (Å²) in [6.07, 6.45) is 0. The molecule has 1 N–H and O–H groups in total. The fraction of sp³-hybridized carbons (Fsp3) is 0.357. The highest BCUT2D eigenvalue weighted by atomic mass is 16.6. The average molecular weight is 275 g/mol. The van der Waals surface area contributed by atoms with Gasteiger partial charge < -0.3 is 9.84 Å². The highest BCUT2D eigenvalue weighted by Crippen LogP contribution is 2.24. The fourth-order valence-corrected chi connectivity index (χ4v) is 1.79. The van der Waals surface area contributed by atoms with E-state index in [2.05, 4.69) is 24.3 Å². The van der Waals surface area contributed by atoms with E-state index in [9.17, 15) is 10.1 Å². The molecule has 2 aromatic rings. The second-order valence-corrected chi connectivity index (χ2v) is 5.01. The number of nitrogens with one attached hydrogen (secondary N) is 1. The van der Waals surface area contributed by atoms with Crippen molar-refractivity contribution in [3.63, 3.8) is 0 Å². The van der Waals surface area contributed by atoms with Gasteiger partial charge in [0.05, 0.1) is 10.6 Å². The monoisotopic (exact) mass is 275 g/mol. The van der Waals surface area contributed by atoms with Gasteiger partial charge in [-0.25, -0.2) is 0 Å². The Kier molecular flexibility index (Phi) is 4.47. The first-order valence-electron chi connectivity index (χ1n) is 6.47. The highest BCUT2D eigenvalue weighted by molar-refractivity contribution is 5.60. The molecule has 6 heteroatoms. The van der Waals surface area contributed by atoms with E-state index in [1.54, 1.807) is 18.2 Å². The molecule has 1 heterocycles. The van der Waals surface area contributed by atoms with Crippen LogP contribution in [0, 0.1) is 16.0 Å². The number of hydrogen-bond acceptors (Lipinski definition) is 5. The molecule has 0 saturated carbocycles. The lowest BCUT2D eigenvalue weighted by Crippen LogP contribution is -2.18. The van der Waals surface area contributed by atoms with Gasteiger partial charge in [-0.15, -0.1) is 0 Å². The third kappa shape index (κ3) is 3.64. The van der Waals surface area contributed by atoms with Crippen molar-refractivity contribution in [2.75, 3.05) is 6.54 Å². The van der Waals surface area contributed by atoms with Crippen LogP contribution in [0.2, 0.25) is 0 Å². The van der Waals surface area contributed by atoms with Gasteiger partial charge in [-0.3, -0.25) is 10.1 Å². The van der Waals surface area contributed by atoms with E-state index in [1.165, 1.54) is 12.1 Å². The summed E-state index contributed by atoms with van der Waals surface area (Å²) in [5.41, 5.74) is 1.48. The maximum absolute atomic E-state index is 10.7. The zero-order chi connectivity index (χ0) is 14.5. The summed E-state index contributed by atoms with van der Waals surface area (Å²) in [6.45, 7) is 5.78. The number of non-ortho nitro benzene ring substituents is 1. The van der Waals surface area contributed by atoms with Crippen LogP contribution in [0.15, 0.2) is 34.9 Å². The molecule has 2 rings (SSSR count). The van der Waals surface area contributed by atoms with Gasteiger partial charge >= 0.3 is 0 Å². The van der Waals surface area contributed by atoms with Crippen LogP contribution in [-0.4, -0.2) is 16.6 Å². The van der Waals surface area contributed by atoms with Crippen LogP contribution in [0.3, 0.4) is 0 Å². The third-order valence-corrected chi connectivity index (χ3v) is 2.76. The molecule has 0 radical (unpaired) electrons. The van der Waals surface area contributed by atoms with Gasteiger partial charge in [0.1, 0.15) is 0 Å². The maximum atomic E-state index is 10.7. The third-order valence-electron chi connectivity index (χ3n) is 2.76. The molecule has 106 valence electrons. The van der Waals surface area contributed by atoms with E-state index >= 15 is 0 Å². The number of nitro benzene ring substituents is 1. The Morgan fingerprint density at radius 1 is 1.40 bits per heavy atom. The summed E-state index contributed by atoms with van der Waals surface area (Å²) < 4.78 is 5.23. The lowest BCUT2D eigenvalue weighted by atomic mass is 10.1. The predicted molar refractivity (Wildman–Crippen MR) is 75.1 cm³/mol. The highest BCUT2D eigenvalue weighted by Gasteiger charge is 2.11. The van der Waals surface area contributed by atoms with Gasteiger partial charge in [0.15, 0.2) is 5.76 Å². The van der Waals surface area contributed by atoms with Crippen LogP contribution in [0.4, 0.5) is 5.69 Å². The molecular weight excluding hydrogens is 258 g/mol. The number of rotatable bonds is 6. The first kappa shape index (κ1) is 14.2. The van der Waals surface area contributed by atoms with E-state index in [0.29, 0.717) is 23.8 Å². The van der Waals surface area contributed by atoms with Crippen molar-refractivity contribution in [2.24, 2.45) is 5.92 Å². The fourth-order valence-electron chi connectivity index (χ4n) is 1.79. The number of benzene rings is 1. The molecule has 0 aliphatic carbocycles. The van der Waals surface area contributed by atoms with Crippen molar-refractivity contribution >= 4 is 5.69 Å². The minimum absolute atomic E-state index is 0.0402. The first-order valence-corrected chi connectivity index (χ1v) is 6.47. The Morgan fingerprint density at radius 3 is 2.90 bits per heavy atom. The molecule has 0 saturated heterocycles. The molecule has 0 unspecified atom stereocenters. The summed E-state index contributed by atoms with van der Waals surface area (Å²) in [7, 11) is 0. The Hall–Kier alpha value is -2.21. The minimum Gasteiger partial charge on any atom is -0.356 e. The lowest BCUT2D eigenvalue weighted by molar-refractivity contribution is -0.384. The molecule has 0 fully saturated rings. The van der Waals surface area contributed by atoms with Crippen molar-refractivity contribution in [3.8, 4) is 11.3 Å². The molecule has 0 spiro atoms. The number of nitro groups is 1. The van der Waals surface area contributed by atoms with E-state index in [0.717, 1.165) is 12.2 Å². The summed E-state index contributed by atoms with van der Waals surface area (Å²) >= 11 is 0. The maximum Gasteiger partial charge on any atom is 0.270 e. The topological polar surface area (TPSA) is 81.2 Å². The molecule has 0 aliphatic heterocycles. The van der Waals surface area contributed by atoms with E-state index in [-0.39, 0.29) is 5.69 Å². The zero-order valence-corrected chi connectivity index (χ0v) is 11.5. The molecular formula is C14H17N3O3. The molecule has 0 aliphatic rings. The molecule has 6 nitrogen and oxygen atoms in total. The molecule has 1 aromatic carbocycles. The first-order chi connectivity index (χ1) is 9.56. The van der Waals surface area contributed by atoms with Crippen LogP contribution < -0.4 is 5.32 Å². The van der Waals surface area contributed by atoms with Crippen molar-refractivity contribution in [1.82, 2.24) is 10.5 Å². The summed E-state index contributed by atoms with van der Waals surface area (Å²) in [4.78, 5) is 10.3. The van der Waals surface area contributed by atoms with Gasteiger partial charge in [-0.1, -0.05) is 31.1 Å². The van der Waals surface area contributed by atoms with Crippen molar-refractivity contribution in [1.29, 1.82) is 0 Å². The Balaban J connectivity index is 2.08. The minimum atomic E-state index is -0.426. The quantitative estimate of drug-likeness (QED) is 0.647. The molecule has 20 heavy (non-hydrogen) atoms. The van der Waals surface area contributed by atoms with Crippen molar-refractivity contribution in [2.45, 2.75) is 20.4 Å². The van der Waals surface area contributed by atoms with Crippen molar-refractivity contribution in [3.05, 3.63) is 46.1 Å². The molecule has 0 amide bonds. The standard InChI is InChI=1S/C14H17N3O3/c1-10(2)8-15-9-12-7-14(20-16-12)11-4-3-5-13(6-11)17(18)19/h3-7,10,15H,8-9H2,1-2H3. The molecule has 0 atom stereocenters. The van der Waals surface area contributed by atoms with Crippen LogP contribution >= 0.6 is 0 Å². The number of nitrogens with zero attached hydrogens (tertiary/aromatic N) is 2. The summed E-state index contributed by atoms with van der Waals surface area (Å²) in [5, 5.41) is 18.0. The SMILES string of the molecule is CC(C)CNCc1cc(-c2cccc([N+](=O)[O-])c2)on1. The number of aromatic nitrogens is 1. The average Bonchev–Trinajstić information content (AvgIpc) is 2.87. The van der Waals surface area contributed by atoms with E-state index in [1.807, 2.05) is 0 Å². The number of hydrogen-bond donors (Lipinski definition) is 1. The summed E-state index contributed by atoms with van der Waals surface area (Å²) in [6, 6.07) is 8.12. The van der Waals surface area contributed by atoms with Crippen LogP contribution in [0.5, 0.6) is 0 Å². The van der Waals surface area contributed by atoms with Crippen LogP contribution in [0.25, 0.3) is 11.3 Å². The molecule has 1 aromatic heterocycles. The zero-order valence-electron chi connectivity index (χ0n) is 11.5. The Labute approximate surface area is 116 Å². The largest absolute Gasteiger partial charge is 0.356 e.